The zero-order valence-corrected chi connectivity index (χ0v) is 9.28. The summed E-state index contributed by atoms with van der Waals surface area (Å²) < 4.78 is 33.6. The van der Waals surface area contributed by atoms with Crippen LogP contribution in [0.1, 0.15) is 12.8 Å². The van der Waals surface area contributed by atoms with Gasteiger partial charge in [-0.3, -0.25) is 0 Å². The van der Waals surface area contributed by atoms with Crippen molar-refractivity contribution in [3.05, 3.63) is 0 Å². The van der Waals surface area contributed by atoms with E-state index in [4.69, 9.17) is 14.6 Å². The Bertz CT molecular complexity index is 312. The number of hydrogen-bond donors (Lipinski definition) is 1. The van der Waals surface area contributed by atoms with E-state index in [-0.39, 0.29) is 30.1 Å². The maximum Gasteiger partial charge on any atom is 0.162 e. The molecule has 1 N–H and O–H groups in total. The molecule has 0 spiro atoms. The molecule has 5 nitrogen and oxygen atoms in total. The number of aliphatic hydroxyl groups is 1. The van der Waals surface area contributed by atoms with Crippen LogP contribution in [-0.4, -0.2) is 50.6 Å². The molecule has 0 aromatic rings. The first kappa shape index (κ1) is 11.3. The lowest BCUT2D eigenvalue weighted by atomic mass is 10.1. The van der Waals surface area contributed by atoms with Crippen LogP contribution in [0.15, 0.2) is 0 Å². The highest BCUT2D eigenvalue weighted by atomic mass is 32.2. The molecule has 6 heteroatoms. The third kappa shape index (κ3) is 2.69. The summed E-state index contributed by atoms with van der Waals surface area (Å²) in [5.74, 6) is 0.357. The quantitative estimate of drug-likeness (QED) is 0.702. The van der Waals surface area contributed by atoms with Crippen molar-refractivity contribution in [3.63, 3.8) is 0 Å². The number of sulfone groups is 1. The minimum absolute atomic E-state index is 0.0692. The molecular formula is C9H16O5S. The zero-order valence-electron chi connectivity index (χ0n) is 8.46. The lowest BCUT2D eigenvalue weighted by Crippen LogP contribution is -2.34. The number of aliphatic hydroxyl groups excluding tert-OH is 1. The van der Waals surface area contributed by atoms with Crippen molar-refractivity contribution in [1.82, 2.24) is 0 Å². The van der Waals surface area contributed by atoms with E-state index >= 15 is 0 Å². The molecule has 3 atom stereocenters. The molecule has 2 aliphatic rings. The van der Waals surface area contributed by atoms with Crippen LogP contribution in [0, 0.1) is 5.92 Å². The van der Waals surface area contributed by atoms with E-state index in [0.29, 0.717) is 13.0 Å². The third-order valence-corrected chi connectivity index (χ3v) is 4.71. The van der Waals surface area contributed by atoms with E-state index in [1.807, 2.05) is 0 Å². The van der Waals surface area contributed by atoms with Gasteiger partial charge in [0.25, 0.3) is 0 Å². The molecule has 2 heterocycles. The van der Waals surface area contributed by atoms with Gasteiger partial charge < -0.3 is 14.6 Å². The standard InChI is InChI=1S/C9H16O5S/c10-4-8-5-13-9(14-8)7-2-1-3-15(11,12)6-7/h7-10H,1-6H2. The number of hydrogen-bond acceptors (Lipinski definition) is 5. The van der Waals surface area contributed by atoms with E-state index in [1.54, 1.807) is 0 Å². The highest BCUT2D eigenvalue weighted by Gasteiger charge is 2.36. The minimum atomic E-state index is -2.92. The molecule has 0 saturated carbocycles. The van der Waals surface area contributed by atoms with Crippen molar-refractivity contribution < 1.29 is 23.0 Å². The summed E-state index contributed by atoms with van der Waals surface area (Å²) in [6, 6.07) is 0. The van der Waals surface area contributed by atoms with Gasteiger partial charge in [0.2, 0.25) is 0 Å². The summed E-state index contributed by atoms with van der Waals surface area (Å²) in [6.07, 6.45) is 0.763. The second-order valence-corrected chi connectivity index (χ2v) is 6.39. The molecule has 0 aliphatic carbocycles. The summed E-state index contributed by atoms with van der Waals surface area (Å²) in [7, 11) is -2.92. The SMILES string of the molecule is O=S1(=O)CCCC(C2OCC(CO)O2)C1. The van der Waals surface area contributed by atoms with Gasteiger partial charge in [-0.1, -0.05) is 0 Å². The van der Waals surface area contributed by atoms with Crippen molar-refractivity contribution >= 4 is 9.84 Å². The molecule has 2 saturated heterocycles. The lowest BCUT2D eigenvalue weighted by molar-refractivity contribution is -0.0987. The summed E-state index contributed by atoms with van der Waals surface area (Å²) in [5.41, 5.74) is 0. The van der Waals surface area contributed by atoms with E-state index in [0.717, 1.165) is 6.42 Å². The first-order valence-corrected chi connectivity index (χ1v) is 7.01. The van der Waals surface area contributed by atoms with Crippen LogP contribution >= 0.6 is 0 Å². The van der Waals surface area contributed by atoms with Crippen LogP contribution < -0.4 is 0 Å². The molecule has 15 heavy (non-hydrogen) atoms. The van der Waals surface area contributed by atoms with E-state index in [9.17, 15) is 8.42 Å². The highest BCUT2D eigenvalue weighted by molar-refractivity contribution is 7.91. The van der Waals surface area contributed by atoms with Crippen molar-refractivity contribution in [3.8, 4) is 0 Å². The van der Waals surface area contributed by atoms with Crippen LogP contribution in [0.5, 0.6) is 0 Å². The molecule has 0 bridgehead atoms. The predicted molar refractivity (Wildman–Crippen MR) is 53.1 cm³/mol. The largest absolute Gasteiger partial charge is 0.394 e. The van der Waals surface area contributed by atoms with Gasteiger partial charge in [-0.25, -0.2) is 8.42 Å². The monoisotopic (exact) mass is 236 g/mol. The molecule has 0 aromatic heterocycles. The van der Waals surface area contributed by atoms with Crippen LogP contribution in [0.3, 0.4) is 0 Å². The van der Waals surface area contributed by atoms with Gasteiger partial charge in [0.1, 0.15) is 6.10 Å². The first-order valence-electron chi connectivity index (χ1n) is 5.19. The fourth-order valence-electron chi connectivity index (χ4n) is 2.09. The predicted octanol–water partition coefficient (Wildman–Crippen LogP) is -0.455. The van der Waals surface area contributed by atoms with Gasteiger partial charge in [-0.2, -0.15) is 0 Å². The molecule has 2 rings (SSSR count). The van der Waals surface area contributed by atoms with Crippen LogP contribution in [0.2, 0.25) is 0 Å². The smallest absolute Gasteiger partial charge is 0.162 e. The molecule has 88 valence electrons. The minimum Gasteiger partial charge on any atom is -0.394 e. The van der Waals surface area contributed by atoms with Crippen molar-refractivity contribution in [2.24, 2.45) is 5.92 Å². The average Bonchev–Trinajstić information content (AvgIpc) is 2.64. The second kappa shape index (κ2) is 4.37. The van der Waals surface area contributed by atoms with Gasteiger partial charge in [0, 0.05) is 5.92 Å². The third-order valence-electron chi connectivity index (χ3n) is 2.86. The van der Waals surface area contributed by atoms with E-state index in [2.05, 4.69) is 0 Å². The Morgan fingerprint density at radius 2 is 2.20 bits per heavy atom. The molecule has 0 aromatic carbocycles. The Balaban J connectivity index is 1.94. The molecule has 2 fully saturated rings. The summed E-state index contributed by atoms with van der Waals surface area (Å²) >= 11 is 0. The summed E-state index contributed by atoms with van der Waals surface area (Å²) in [4.78, 5) is 0. The highest BCUT2D eigenvalue weighted by Crippen LogP contribution is 2.27. The van der Waals surface area contributed by atoms with Crippen molar-refractivity contribution in [1.29, 1.82) is 0 Å². The summed E-state index contributed by atoms with van der Waals surface area (Å²) in [5, 5.41) is 8.86. The Hall–Kier alpha value is -0.170. The maximum absolute atomic E-state index is 11.4. The Morgan fingerprint density at radius 3 is 2.80 bits per heavy atom. The van der Waals surface area contributed by atoms with E-state index in [1.165, 1.54) is 0 Å². The van der Waals surface area contributed by atoms with Gasteiger partial charge >= 0.3 is 0 Å². The zero-order chi connectivity index (χ0) is 10.9. The normalized spacial score (nSPS) is 40.5. The average molecular weight is 236 g/mol. The van der Waals surface area contributed by atoms with Gasteiger partial charge in [0.15, 0.2) is 16.1 Å². The molecule has 0 amide bonds. The fraction of sp³-hybridized carbons (Fsp3) is 1.00. The Morgan fingerprint density at radius 1 is 1.40 bits per heavy atom. The van der Waals surface area contributed by atoms with Gasteiger partial charge in [-0.05, 0) is 12.8 Å². The van der Waals surface area contributed by atoms with Gasteiger partial charge in [-0.15, -0.1) is 0 Å². The maximum atomic E-state index is 11.4. The summed E-state index contributed by atoms with van der Waals surface area (Å²) in [6.45, 7) is 0.285. The topological polar surface area (TPSA) is 72.8 Å². The number of rotatable bonds is 2. The van der Waals surface area contributed by atoms with Crippen LogP contribution in [0.4, 0.5) is 0 Å². The fourth-order valence-corrected chi connectivity index (χ4v) is 3.84. The number of ether oxygens (including phenoxy) is 2. The van der Waals surface area contributed by atoms with E-state index < -0.39 is 16.1 Å². The van der Waals surface area contributed by atoms with Crippen molar-refractivity contribution in [2.45, 2.75) is 25.2 Å². The first-order chi connectivity index (χ1) is 7.11. The van der Waals surface area contributed by atoms with Gasteiger partial charge in [0.05, 0.1) is 24.7 Å². The van der Waals surface area contributed by atoms with Crippen LogP contribution in [0.25, 0.3) is 0 Å². The van der Waals surface area contributed by atoms with Crippen LogP contribution in [-0.2, 0) is 19.3 Å². The molecular weight excluding hydrogens is 220 g/mol. The lowest BCUT2D eigenvalue weighted by Gasteiger charge is -2.26. The Labute approximate surface area is 89.3 Å². The van der Waals surface area contributed by atoms with Crippen molar-refractivity contribution in [2.75, 3.05) is 24.7 Å². The molecule has 3 unspecified atom stereocenters. The second-order valence-electron chi connectivity index (χ2n) is 4.16. The Kier molecular flexibility index (Phi) is 3.30. The molecule has 0 radical (unpaired) electrons. The molecule has 2 aliphatic heterocycles.